The molecule has 0 bridgehead atoms. The lowest BCUT2D eigenvalue weighted by Crippen LogP contribution is -2.37. The zero-order chi connectivity index (χ0) is 49.0. The van der Waals surface area contributed by atoms with Crippen LogP contribution in [0.3, 0.4) is 0 Å². The van der Waals surface area contributed by atoms with Crippen molar-refractivity contribution in [2.24, 2.45) is 0 Å². The van der Waals surface area contributed by atoms with Crippen LogP contribution in [0.2, 0.25) is 0 Å². The molecule has 0 amide bonds. The number of carbonyl (C=O) groups excluding carboxylic acids is 1. The minimum Gasteiger partial charge on any atom is -0.457 e. The van der Waals surface area contributed by atoms with Gasteiger partial charge in [-0.3, -0.25) is 13.8 Å². The first-order chi connectivity index (χ1) is 32.6. The van der Waals surface area contributed by atoms with Gasteiger partial charge in [-0.25, -0.2) is 4.57 Å². The van der Waals surface area contributed by atoms with Crippen molar-refractivity contribution in [1.82, 2.24) is 0 Å². The highest BCUT2D eigenvalue weighted by atomic mass is 31.2. The molecule has 0 heterocycles. The Morgan fingerprint density at radius 1 is 0.478 bits per heavy atom. The molecule has 0 rings (SSSR count). The van der Waals surface area contributed by atoms with Crippen molar-refractivity contribution >= 4 is 13.8 Å². The van der Waals surface area contributed by atoms with E-state index < -0.39 is 13.9 Å². The molecule has 0 aromatic heterocycles. The van der Waals surface area contributed by atoms with Crippen LogP contribution >= 0.6 is 7.82 Å². The van der Waals surface area contributed by atoms with Crippen molar-refractivity contribution in [3.63, 3.8) is 0 Å². The maximum atomic E-state index is 12.8. The number of allylic oxidation sites excluding steroid dienone is 18. The molecule has 67 heavy (non-hydrogen) atoms. The average molecular weight is 955 g/mol. The quantitative estimate of drug-likeness (QED) is 0.0214. The van der Waals surface area contributed by atoms with Gasteiger partial charge in [0.2, 0.25) is 0 Å². The Balaban J connectivity index is 4.23. The summed E-state index contributed by atoms with van der Waals surface area (Å²) < 4.78 is 35.1. The molecule has 0 saturated carbocycles. The molecular weight excluding hydrogens is 854 g/mol. The molecular formula is C58H101NO7P+. The standard InChI is InChI=1S/C58H100NO7P/c1-6-8-10-12-14-16-18-20-22-24-26-27-28-29-30-31-32-34-36-38-40-42-44-46-48-50-53-63-55-57(56-65-67(61,62)64-54-52-59(3,4)5)66-58(60)51-49-47-45-43-41-39-37-35-33-25-23-21-19-17-15-13-11-9-7-2/h8,10,14-17,20-23,26-27,29-30,32,34,38,40,57H,6-7,9,11-13,18-19,24-25,28,31,33,35-37,39,41-56H2,1-5H3/p+1/b10-8-,16-14-,17-15-,22-20-,23-21-,27-26-,30-29-,34-32-,40-38-. The molecule has 1 N–H and O–H groups in total. The van der Waals surface area contributed by atoms with Gasteiger partial charge in [-0.15, -0.1) is 0 Å². The summed E-state index contributed by atoms with van der Waals surface area (Å²) in [6, 6.07) is 0. The largest absolute Gasteiger partial charge is 0.472 e. The zero-order valence-electron chi connectivity index (χ0n) is 43.6. The molecule has 8 nitrogen and oxygen atoms in total. The number of ether oxygens (including phenoxy) is 2. The van der Waals surface area contributed by atoms with E-state index in [0.29, 0.717) is 24.1 Å². The molecule has 2 unspecified atom stereocenters. The van der Waals surface area contributed by atoms with E-state index in [1.807, 2.05) is 21.1 Å². The van der Waals surface area contributed by atoms with Crippen LogP contribution in [0, 0.1) is 0 Å². The highest BCUT2D eigenvalue weighted by Gasteiger charge is 2.26. The third kappa shape index (κ3) is 54.0. The van der Waals surface area contributed by atoms with Crippen LogP contribution in [0.25, 0.3) is 0 Å². The maximum absolute atomic E-state index is 12.8. The number of hydrogen-bond donors (Lipinski definition) is 1. The van der Waals surface area contributed by atoms with E-state index >= 15 is 0 Å². The fourth-order valence-corrected chi connectivity index (χ4v) is 7.48. The Kier molecular flexibility index (Phi) is 47.5. The topological polar surface area (TPSA) is 91.3 Å². The summed E-state index contributed by atoms with van der Waals surface area (Å²) in [5.41, 5.74) is 0. The van der Waals surface area contributed by atoms with Crippen molar-refractivity contribution < 1.29 is 37.3 Å². The fourth-order valence-electron chi connectivity index (χ4n) is 6.74. The van der Waals surface area contributed by atoms with Crippen LogP contribution in [-0.4, -0.2) is 75.6 Å². The number of unbranched alkanes of at least 4 members (excludes halogenated alkanes) is 16. The number of likely N-dealkylation sites (N-methyl/N-ethyl adjacent to an activating group) is 1. The van der Waals surface area contributed by atoms with Gasteiger partial charge in [-0.2, -0.15) is 0 Å². The molecule has 9 heteroatoms. The van der Waals surface area contributed by atoms with E-state index in [1.165, 1.54) is 70.6 Å². The lowest BCUT2D eigenvalue weighted by molar-refractivity contribution is -0.870. The lowest BCUT2D eigenvalue weighted by atomic mass is 10.1. The predicted octanol–water partition coefficient (Wildman–Crippen LogP) is 16.7. The molecule has 0 aromatic rings. The summed E-state index contributed by atoms with van der Waals surface area (Å²) in [4.78, 5) is 23.0. The summed E-state index contributed by atoms with van der Waals surface area (Å²) in [5.74, 6) is -0.332. The summed E-state index contributed by atoms with van der Waals surface area (Å²) in [7, 11) is 1.63. The van der Waals surface area contributed by atoms with E-state index in [1.54, 1.807) is 0 Å². The number of esters is 1. The molecule has 384 valence electrons. The fraction of sp³-hybridized carbons (Fsp3) is 0.672. The predicted molar refractivity (Wildman–Crippen MR) is 288 cm³/mol. The van der Waals surface area contributed by atoms with Crippen LogP contribution < -0.4 is 0 Å². The Hall–Kier alpha value is -2.84. The molecule has 0 saturated heterocycles. The molecule has 0 aliphatic heterocycles. The van der Waals surface area contributed by atoms with Gasteiger partial charge in [0.05, 0.1) is 34.4 Å². The Labute approximate surface area is 412 Å². The molecule has 0 spiro atoms. The first-order valence-electron chi connectivity index (χ1n) is 26.6. The molecule has 0 fully saturated rings. The van der Waals surface area contributed by atoms with Gasteiger partial charge in [0.1, 0.15) is 19.3 Å². The van der Waals surface area contributed by atoms with Crippen molar-refractivity contribution in [3.8, 4) is 0 Å². The van der Waals surface area contributed by atoms with E-state index in [9.17, 15) is 14.3 Å². The second kappa shape index (κ2) is 49.6. The third-order valence-corrected chi connectivity index (χ3v) is 11.8. The second-order valence-electron chi connectivity index (χ2n) is 18.5. The van der Waals surface area contributed by atoms with Gasteiger partial charge in [0.15, 0.2) is 0 Å². The van der Waals surface area contributed by atoms with E-state index in [2.05, 4.69) is 123 Å². The van der Waals surface area contributed by atoms with Crippen molar-refractivity contribution in [3.05, 3.63) is 109 Å². The molecule has 2 atom stereocenters. The number of phosphoric acid groups is 1. The summed E-state index contributed by atoms with van der Waals surface area (Å²) in [5, 5.41) is 0. The zero-order valence-corrected chi connectivity index (χ0v) is 44.5. The number of hydrogen-bond acceptors (Lipinski definition) is 6. The third-order valence-electron chi connectivity index (χ3n) is 10.8. The number of carbonyl (C=O) groups is 1. The highest BCUT2D eigenvalue weighted by molar-refractivity contribution is 7.47. The van der Waals surface area contributed by atoms with Crippen molar-refractivity contribution in [2.45, 2.75) is 200 Å². The highest BCUT2D eigenvalue weighted by Crippen LogP contribution is 2.43. The SMILES string of the molecule is CC/C=C\C/C=C\C/C=C\C/C=C\C/C=C\C/C=C\C/C=C\CCCCCCOCC(COP(=O)(O)OCC[N+](C)(C)C)OC(=O)CCCCCCCCCCC/C=C\C/C=C\CCCCC. The summed E-state index contributed by atoms with van der Waals surface area (Å²) in [6.45, 7) is 5.40. The summed E-state index contributed by atoms with van der Waals surface area (Å²) in [6.07, 6.45) is 69.9. The first-order valence-corrected chi connectivity index (χ1v) is 28.1. The van der Waals surface area contributed by atoms with Crippen LogP contribution in [0.15, 0.2) is 109 Å². The minimum atomic E-state index is -4.30. The first kappa shape index (κ1) is 64.2. The molecule has 0 radical (unpaired) electrons. The van der Waals surface area contributed by atoms with Crippen molar-refractivity contribution in [1.29, 1.82) is 0 Å². The second-order valence-corrected chi connectivity index (χ2v) is 20.0. The number of quaternary nitrogens is 1. The molecule has 0 aliphatic carbocycles. The van der Waals surface area contributed by atoms with Crippen LogP contribution in [-0.2, 0) is 27.9 Å². The average Bonchev–Trinajstić information content (AvgIpc) is 3.29. The lowest BCUT2D eigenvalue weighted by Gasteiger charge is -2.24. The van der Waals surface area contributed by atoms with Crippen LogP contribution in [0.4, 0.5) is 0 Å². The van der Waals surface area contributed by atoms with Gasteiger partial charge in [0, 0.05) is 13.0 Å². The van der Waals surface area contributed by atoms with Crippen LogP contribution in [0.1, 0.15) is 194 Å². The van der Waals surface area contributed by atoms with Gasteiger partial charge in [-0.05, 0) is 103 Å². The van der Waals surface area contributed by atoms with Gasteiger partial charge in [-0.1, -0.05) is 194 Å². The number of rotatable bonds is 48. The number of nitrogens with zero attached hydrogens (tertiary/aromatic N) is 1. The Bertz CT molecular complexity index is 1430. The van der Waals surface area contributed by atoms with E-state index in [0.717, 1.165) is 103 Å². The molecule has 0 aliphatic rings. The van der Waals surface area contributed by atoms with Crippen molar-refractivity contribution in [2.75, 3.05) is 54.1 Å². The maximum Gasteiger partial charge on any atom is 0.472 e. The van der Waals surface area contributed by atoms with Gasteiger partial charge in [0.25, 0.3) is 0 Å². The van der Waals surface area contributed by atoms with Crippen LogP contribution in [0.5, 0.6) is 0 Å². The minimum absolute atomic E-state index is 0.0761. The summed E-state index contributed by atoms with van der Waals surface area (Å²) >= 11 is 0. The monoisotopic (exact) mass is 955 g/mol. The Morgan fingerprint density at radius 3 is 1.30 bits per heavy atom. The van der Waals surface area contributed by atoms with E-state index in [4.69, 9.17) is 18.5 Å². The Morgan fingerprint density at radius 2 is 0.866 bits per heavy atom. The normalized spacial score (nSPS) is 14.4. The molecule has 0 aromatic carbocycles. The number of phosphoric ester groups is 1. The van der Waals surface area contributed by atoms with Gasteiger partial charge >= 0.3 is 13.8 Å². The van der Waals surface area contributed by atoms with Gasteiger partial charge < -0.3 is 18.9 Å². The smallest absolute Gasteiger partial charge is 0.457 e. The van der Waals surface area contributed by atoms with E-state index in [-0.39, 0.29) is 25.8 Å².